The highest BCUT2D eigenvalue weighted by Crippen LogP contribution is 2.28. The molecule has 0 saturated carbocycles. The molecular formula is C14H18N2O3S. The van der Waals surface area contributed by atoms with Crippen LogP contribution in [-0.2, 0) is 14.3 Å². The van der Waals surface area contributed by atoms with Crippen molar-refractivity contribution in [1.29, 1.82) is 0 Å². The molecule has 1 amide bonds. The van der Waals surface area contributed by atoms with Crippen LogP contribution < -0.4 is 5.32 Å². The number of carbonyl (C=O) groups is 2. The smallest absolute Gasteiger partial charge is 0.310 e. The minimum absolute atomic E-state index is 0.170. The van der Waals surface area contributed by atoms with Crippen LogP contribution >= 0.6 is 11.3 Å². The summed E-state index contributed by atoms with van der Waals surface area (Å²) in [4.78, 5) is 28.4. The minimum atomic E-state index is -0.414. The number of nitrogens with zero attached hydrogens (tertiary/aromatic N) is 1. The number of esters is 1. The highest BCUT2D eigenvalue weighted by Gasteiger charge is 2.35. The predicted molar refractivity (Wildman–Crippen MR) is 77.3 cm³/mol. The summed E-state index contributed by atoms with van der Waals surface area (Å²) in [7, 11) is 0. The van der Waals surface area contributed by atoms with E-state index < -0.39 is 11.8 Å². The molecule has 0 saturated heterocycles. The number of carbonyl (C=O) groups excluding carboxylic acids is 2. The van der Waals surface area contributed by atoms with Crippen LogP contribution in [0.4, 0.5) is 5.13 Å². The lowest BCUT2D eigenvalue weighted by molar-refractivity contribution is -0.156. The van der Waals surface area contributed by atoms with Crippen molar-refractivity contribution in [2.45, 2.75) is 32.8 Å². The Labute approximate surface area is 122 Å². The number of amides is 1. The van der Waals surface area contributed by atoms with Gasteiger partial charge in [-0.05, 0) is 26.7 Å². The first-order valence-corrected chi connectivity index (χ1v) is 7.51. The Hall–Kier alpha value is -1.69. The molecule has 108 valence electrons. The van der Waals surface area contributed by atoms with E-state index in [0.717, 1.165) is 0 Å². The molecule has 0 aromatic carbocycles. The summed E-state index contributed by atoms with van der Waals surface area (Å²) in [6.45, 7) is 3.61. The summed E-state index contributed by atoms with van der Waals surface area (Å²) >= 11 is 1.36. The number of nitrogens with one attached hydrogen (secondary N) is 1. The van der Waals surface area contributed by atoms with Crippen molar-refractivity contribution in [3.63, 3.8) is 0 Å². The molecule has 0 bridgehead atoms. The first-order chi connectivity index (χ1) is 9.58. The summed E-state index contributed by atoms with van der Waals surface area (Å²) < 4.78 is 5.24. The van der Waals surface area contributed by atoms with Gasteiger partial charge in [0.05, 0.1) is 17.9 Å². The number of thiazole rings is 1. The molecule has 1 aliphatic carbocycles. The van der Waals surface area contributed by atoms with E-state index in [1.54, 1.807) is 25.4 Å². The van der Waals surface area contributed by atoms with Crippen molar-refractivity contribution in [3.05, 3.63) is 23.7 Å². The van der Waals surface area contributed by atoms with Crippen molar-refractivity contribution < 1.29 is 14.3 Å². The molecule has 0 fully saturated rings. The third-order valence-electron chi connectivity index (χ3n) is 3.09. The Balaban J connectivity index is 2.05. The van der Waals surface area contributed by atoms with Crippen LogP contribution in [0, 0.1) is 11.8 Å². The normalized spacial score (nSPS) is 21.8. The molecule has 6 heteroatoms. The number of rotatable bonds is 4. The van der Waals surface area contributed by atoms with Gasteiger partial charge in [-0.15, -0.1) is 11.3 Å². The fraction of sp³-hybridized carbons (Fsp3) is 0.500. The maximum Gasteiger partial charge on any atom is 0.310 e. The van der Waals surface area contributed by atoms with E-state index in [-0.39, 0.29) is 18.0 Å². The fourth-order valence-corrected chi connectivity index (χ4v) is 2.70. The highest BCUT2D eigenvalue weighted by molar-refractivity contribution is 7.13. The summed E-state index contributed by atoms with van der Waals surface area (Å²) in [5, 5.41) is 5.11. The SMILES string of the molecule is CC(C)OC(=O)[C@H]1CC=CC[C@@H]1C(=O)Nc1nccs1. The van der Waals surface area contributed by atoms with E-state index in [9.17, 15) is 9.59 Å². The van der Waals surface area contributed by atoms with Gasteiger partial charge in [0.1, 0.15) is 0 Å². The van der Waals surface area contributed by atoms with E-state index in [4.69, 9.17) is 4.74 Å². The Morgan fingerprint density at radius 1 is 1.35 bits per heavy atom. The largest absolute Gasteiger partial charge is 0.463 e. The third-order valence-corrected chi connectivity index (χ3v) is 3.77. The van der Waals surface area contributed by atoms with Gasteiger partial charge in [-0.1, -0.05) is 12.2 Å². The van der Waals surface area contributed by atoms with Gasteiger partial charge in [-0.25, -0.2) is 4.98 Å². The summed E-state index contributed by atoms with van der Waals surface area (Å²) in [6, 6.07) is 0. The average molecular weight is 294 g/mol. The molecule has 1 aliphatic rings. The molecule has 2 rings (SSSR count). The predicted octanol–water partition coefficient (Wildman–Crippen LogP) is 2.62. The van der Waals surface area contributed by atoms with E-state index in [0.29, 0.717) is 18.0 Å². The number of hydrogen-bond acceptors (Lipinski definition) is 5. The maximum absolute atomic E-state index is 12.3. The van der Waals surface area contributed by atoms with Crippen molar-refractivity contribution >= 4 is 28.3 Å². The molecule has 20 heavy (non-hydrogen) atoms. The van der Waals surface area contributed by atoms with Gasteiger partial charge in [0, 0.05) is 11.6 Å². The third kappa shape index (κ3) is 3.66. The number of ether oxygens (including phenoxy) is 1. The van der Waals surface area contributed by atoms with Gasteiger partial charge < -0.3 is 10.1 Å². The quantitative estimate of drug-likeness (QED) is 0.684. The summed E-state index contributed by atoms with van der Waals surface area (Å²) in [5.41, 5.74) is 0. The molecule has 0 aliphatic heterocycles. The number of anilines is 1. The van der Waals surface area contributed by atoms with Crippen molar-refractivity contribution in [1.82, 2.24) is 4.98 Å². The summed E-state index contributed by atoms with van der Waals surface area (Å²) in [6.07, 6.45) is 6.42. The molecule has 0 spiro atoms. The molecule has 1 N–H and O–H groups in total. The molecule has 0 radical (unpaired) electrons. The molecular weight excluding hydrogens is 276 g/mol. The number of aromatic nitrogens is 1. The second-order valence-corrected chi connectivity index (χ2v) is 5.86. The van der Waals surface area contributed by atoms with Crippen LogP contribution in [0.25, 0.3) is 0 Å². The lowest BCUT2D eigenvalue weighted by Crippen LogP contribution is -2.36. The van der Waals surface area contributed by atoms with Gasteiger partial charge in [-0.3, -0.25) is 9.59 Å². The van der Waals surface area contributed by atoms with Crippen LogP contribution in [-0.4, -0.2) is 23.0 Å². The Morgan fingerprint density at radius 2 is 2.05 bits per heavy atom. The topological polar surface area (TPSA) is 68.3 Å². The van der Waals surface area contributed by atoms with Gasteiger partial charge in [-0.2, -0.15) is 0 Å². The first kappa shape index (κ1) is 14.7. The van der Waals surface area contributed by atoms with Crippen LogP contribution in [0.3, 0.4) is 0 Å². The van der Waals surface area contributed by atoms with E-state index in [1.165, 1.54) is 11.3 Å². The van der Waals surface area contributed by atoms with Crippen molar-refractivity contribution in [3.8, 4) is 0 Å². The molecule has 1 heterocycles. The molecule has 2 atom stereocenters. The molecule has 1 aromatic rings. The second-order valence-electron chi connectivity index (χ2n) is 4.97. The zero-order valence-corrected chi connectivity index (χ0v) is 12.4. The first-order valence-electron chi connectivity index (χ1n) is 6.63. The van der Waals surface area contributed by atoms with Crippen molar-refractivity contribution in [2.75, 3.05) is 5.32 Å². The molecule has 0 unspecified atom stereocenters. The monoisotopic (exact) mass is 294 g/mol. The Bertz CT molecular complexity index is 497. The van der Waals surface area contributed by atoms with E-state index in [2.05, 4.69) is 10.3 Å². The fourth-order valence-electron chi connectivity index (χ4n) is 2.17. The summed E-state index contributed by atoms with van der Waals surface area (Å²) in [5.74, 6) is -1.28. The zero-order chi connectivity index (χ0) is 14.5. The zero-order valence-electron chi connectivity index (χ0n) is 11.5. The molecule has 5 nitrogen and oxygen atoms in total. The lowest BCUT2D eigenvalue weighted by atomic mass is 9.82. The number of allylic oxidation sites excluding steroid dienone is 2. The average Bonchev–Trinajstić information content (AvgIpc) is 2.90. The maximum atomic E-state index is 12.3. The second kappa shape index (κ2) is 6.65. The van der Waals surface area contributed by atoms with Crippen LogP contribution in [0.1, 0.15) is 26.7 Å². The van der Waals surface area contributed by atoms with Gasteiger partial charge in [0.2, 0.25) is 5.91 Å². The minimum Gasteiger partial charge on any atom is -0.463 e. The van der Waals surface area contributed by atoms with Crippen LogP contribution in [0.15, 0.2) is 23.7 Å². The Kier molecular flexibility index (Phi) is 4.89. The van der Waals surface area contributed by atoms with Crippen LogP contribution in [0.5, 0.6) is 0 Å². The Morgan fingerprint density at radius 3 is 2.65 bits per heavy atom. The lowest BCUT2D eigenvalue weighted by Gasteiger charge is -2.26. The van der Waals surface area contributed by atoms with Gasteiger partial charge in [0.25, 0.3) is 0 Å². The van der Waals surface area contributed by atoms with Crippen molar-refractivity contribution in [2.24, 2.45) is 11.8 Å². The number of hydrogen-bond donors (Lipinski definition) is 1. The van der Waals surface area contributed by atoms with Gasteiger partial charge >= 0.3 is 5.97 Å². The van der Waals surface area contributed by atoms with Crippen LogP contribution in [0.2, 0.25) is 0 Å². The standard InChI is InChI=1S/C14H18N2O3S/c1-9(2)19-13(18)11-6-4-3-5-10(11)12(17)16-14-15-7-8-20-14/h3-4,7-11H,5-6H2,1-2H3,(H,15,16,17)/t10-,11-/m0/s1. The van der Waals surface area contributed by atoms with Gasteiger partial charge in [0.15, 0.2) is 5.13 Å². The highest BCUT2D eigenvalue weighted by atomic mass is 32.1. The molecule has 1 aromatic heterocycles. The van der Waals surface area contributed by atoms with E-state index >= 15 is 0 Å². The van der Waals surface area contributed by atoms with E-state index in [1.807, 2.05) is 12.2 Å².